The lowest BCUT2D eigenvalue weighted by Crippen LogP contribution is -2.21. The smallest absolute Gasteiger partial charge is 0.345 e. The second-order valence-electron chi connectivity index (χ2n) is 8.11. The van der Waals surface area contributed by atoms with Crippen LogP contribution in [0.5, 0.6) is 5.75 Å². The van der Waals surface area contributed by atoms with Crippen LogP contribution >= 0.6 is 0 Å². The first-order valence-electron chi connectivity index (χ1n) is 10.8. The van der Waals surface area contributed by atoms with Crippen LogP contribution in [0, 0.1) is 12.3 Å². The number of Topliss-reactive ketones (excluding diaryl/α,β-unsaturated/α-hetero) is 1. The third-order valence-electron chi connectivity index (χ3n) is 5.58. The van der Waals surface area contributed by atoms with Gasteiger partial charge in [-0.15, -0.1) is 6.42 Å². The van der Waals surface area contributed by atoms with Crippen molar-refractivity contribution in [1.82, 2.24) is 9.97 Å². The van der Waals surface area contributed by atoms with E-state index in [4.69, 9.17) is 11.2 Å². The minimum absolute atomic E-state index is 0.112. The molecule has 1 heterocycles. The number of rotatable bonds is 7. The fraction of sp³-hybridized carbons (Fsp3) is 0.179. The minimum Gasteiger partial charge on any atom is -0.481 e. The Balaban J connectivity index is 1.94. The summed E-state index contributed by atoms with van der Waals surface area (Å²) in [6.07, 6.45) is 5.32. The summed E-state index contributed by atoms with van der Waals surface area (Å²) in [6.45, 7) is 4.34. The molecule has 0 amide bonds. The molecular formula is C28H24N2O3. The Labute approximate surface area is 192 Å². The Bertz CT molecular complexity index is 1380. The molecule has 0 spiro atoms. The molecule has 1 unspecified atom stereocenters. The van der Waals surface area contributed by atoms with Crippen LogP contribution in [0.4, 0.5) is 0 Å². The molecule has 33 heavy (non-hydrogen) atoms. The molecule has 1 N–H and O–H groups in total. The van der Waals surface area contributed by atoms with E-state index in [0.29, 0.717) is 33.8 Å². The topological polar surface area (TPSA) is 72.1 Å². The average molecular weight is 437 g/mol. The number of aromatic amines is 1. The lowest BCUT2D eigenvalue weighted by molar-refractivity contribution is 0.0973. The maximum atomic E-state index is 13.8. The lowest BCUT2D eigenvalue weighted by atomic mass is 9.85. The van der Waals surface area contributed by atoms with Crippen molar-refractivity contribution in [2.45, 2.75) is 25.7 Å². The van der Waals surface area contributed by atoms with Crippen LogP contribution in [0.2, 0.25) is 0 Å². The van der Waals surface area contributed by atoms with Crippen LogP contribution in [-0.4, -0.2) is 22.4 Å². The van der Waals surface area contributed by atoms with E-state index in [2.05, 4.69) is 29.7 Å². The van der Waals surface area contributed by atoms with E-state index in [1.807, 2.05) is 42.5 Å². The van der Waals surface area contributed by atoms with E-state index in [1.165, 1.54) is 5.56 Å². The molecule has 0 radical (unpaired) electrons. The number of hydrogen-bond donors (Lipinski definition) is 1. The number of nitrogens with one attached hydrogen (secondary N) is 1. The van der Waals surface area contributed by atoms with E-state index >= 15 is 0 Å². The Morgan fingerprint density at radius 2 is 1.73 bits per heavy atom. The second-order valence-corrected chi connectivity index (χ2v) is 8.11. The highest BCUT2D eigenvalue weighted by atomic mass is 16.5. The highest BCUT2D eigenvalue weighted by Gasteiger charge is 2.28. The van der Waals surface area contributed by atoms with Gasteiger partial charge in [-0.3, -0.25) is 4.79 Å². The van der Waals surface area contributed by atoms with Crippen molar-refractivity contribution in [3.63, 3.8) is 0 Å². The van der Waals surface area contributed by atoms with E-state index in [9.17, 15) is 9.59 Å². The summed E-state index contributed by atoms with van der Waals surface area (Å²) in [5.41, 5.74) is 2.92. The van der Waals surface area contributed by atoms with Gasteiger partial charge in [-0.05, 0) is 35.2 Å². The second kappa shape index (κ2) is 9.54. The van der Waals surface area contributed by atoms with Crippen LogP contribution in [0.1, 0.15) is 52.9 Å². The van der Waals surface area contributed by atoms with Crippen LogP contribution in [0.15, 0.2) is 77.6 Å². The van der Waals surface area contributed by atoms with Crippen molar-refractivity contribution in [2.75, 3.05) is 6.61 Å². The predicted molar refractivity (Wildman–Crippen MR) is 130 cm³/mol. The number of hydrogen-bond acceptors (Lipinski definition) is 4. The summed E-state index contributed by atoms with van der Waals surface area (Å²) in [5.74, 6) is 2.44. The van der Waals surface area contributed by atoms with Crippen molar-refractivity contribution < 1.29 is 9.53 Å². The van der Waals surface area contributed by atoms with E-state index in [1.54, 1.807) is 30.3 Å². The number of terminal acetylenes is 1. The number of H-pyrrole nitrogens is 1. The number of nitrogens with zero attached hydrogens (tertiary/aromatic N) is 1. The molecule has 0 fully saturated rings. The highest BCUT2D eigenvalue weighted by Crippen LogP contribution is 2.33. The number of fused-ring (bicyclic) bond motifs is 1. The number of carbonyl (C=O) groups excluding carboxylic acids is 1. The zero-order valence-electron chi connectivity index (χ0n) is 18.5. The van der Waals surface area contributed by atoms with Gasteiger partial charge in [-0.25, -0.2) is 4.79 Å². The third-order valence-corrected chi connectivity index (χ3v) is 5.58. The first kappa shape index (κ1) is 22.0. The van der Waals surface area contributed by atoms with Crippen molar-refractivity contribution in [2.24, 2.45) is 0 Å². The standard InChI is InChI=1S/C28H24N2O3/c1-4-16-33-22-14-15-24-23(17-22)26(30-28(32)29-24)25(27(31)21-8-6-5-7-9-21)20-12-10-19(11-13-20)18(2)3/h1,5-15,17-18,25H,16H2,2-3H3,(H,29,30,32). The zero-order chi connectivity index (χ0) is 23.4. The molecule has 1 atom stereocenters. The number of ketones is 1. The molecule has 0 saturated heterocycles. The summed E-state index contributed by atoms with van der Waals surface area (Å²) in [4.78, 5) is 33.3. The SMILES string of the molecule is C#CCOc1ccc2[nH]c(=O)nc(C(C(=O)c3ccccc3)c3ccc(C(C)C)cc3)c2c1. The van der Waals surface area contributed by atoms with Crippen LogP contribution < -0.4 is 10.4 Å². The number of aromatic nitrogens is 2. The summed E-state index contributed by atoms with van der Waals surface area (Å²) >= 11 is 0. The molecule has 0 bridgehead atoms. The van der Waals surface area contributed by atoms with Gasteiger partial charge in [0.2, 0.25) is 0 Å². The molecule has 0 aliphatic carbocycles. The fourth-order valence-electron chi connectivity index (χ4n) is 3.87. The maximum Gasteiger partial charge on any atom is 0.345 e. The molecule has 1 aromatic heterocycles. The first-order chi connectivity index (χ1) is 16.0. The van der Waals surface area contributed by atoms with Gasteiger partial charge in [-0.2, -0.15) is 4.98 Å². The molecule has 0 aliphatic rings. The van der Waals surface area contributed by atoms with Gasteiger partial charge in [0, 0.05) is 10.9 Å². The van der Waals surface area contributed by atoms with Crippen LogP contribution in [-0.2, 0) is 0 Å². The summed E-state index contributed by atoms with van der Waals surface area (Å²) in [6, 6.07) is 22.2. The van der Waals surface area contributed by atoms with E-state index in [-0.39, 0.29) is 12.4 Å². The summed E-state index contributed by atoms with van der Waals surface area (Å²) in [7, 11) is 0. The highest BCUT2D eigenvalue weighted by molar-refractivity contribution is 6.04. The van der Waals surface area contributed by atoms with Gasteiger partial charge in [0.05, 0.1) is 17.1 Å². The molecule has 4 rings (SSSR count). The Morgan fingerprint density at radius 1 is 1.03 bits per heavy atom. The lowest BCUT2D eigenvalue weighted by Gasteiger charge is -2.19. The monoisotopic (exact) mass is 436 g/mol. The van der Waals surface area contributed by atoms with Crippen molar-refractivity contribution in [3.05, 3.63) is 106 Å². The summed E-state index contributed by atoms with van der Waals surface area (Å²) in [5, 5.41) is 0.631. The molecule has 4 aromatic rings. The quantitative estimate of drug-likeness (QED) is 0.324. The molecule has 5 heteroatoms. The maximum absolute atomic E-state index is 13.8. The number of carbonyl (C=O) groups is 1. The van der Waals surface area contributed by atoms with Crippen molar-refractivity contribution >= 4 is 16.7 Å². The zero-order valence-corrected chi connectivity index (χ0v) is 18.5. The van der Waals surface area contributed by atoms with Gasteiger partial charge in [0.25, 0.3) is 0 Å². The first-order valence-corrected chi connectivity index (χ1v) is 10.8. The van der Waals surface area contributed by atoms with Crippen LogP contribution in [0.3, 0.4) is 0 Å². The van der Waals surface area contributed by atoms with Gasteiger partial charge >= 0.3 is 5.69 Å². The molecule has 3 aromatic carbocycles. The fourth-order valence-corrected chi connectivity index (χ4v) is 3.87. The van der Waals surface area contributed by atoms with E-state index in [0.717, 1.165) is 5.56 Å². The van der Waals surface area contributed by atoms with Crippen molar-refractivity contribution in [1.29, 1.82) is 0 Å². The van der Waals surface area contributed by atoms with Gasteiger partial charge in [-0.1, -0.05) is 74.4 Å². The summed E-state index contributed by atoms with van der Waals surface area (Å²) < 4.78 is 5.58. The van der Waals surface area contributed by atoms with E-state index < -0.39 is 11.6 Å². The molecule has 5 nitrogen and oxygen atoms in total. The third kappa shape index (κ3) is 4.70. The van der Waals surface area contributed by atoms with Crippen molar-refractivity contribution in [3.8, 4) is 18.1 Å². The molecule has 0 saturated carbocycles. The normalized spacial score (nSPS) is 11.8. The Hall–Kier alpha value is -4.17. The van der Waals surface area contributed by atoms with Gasteiger partial charge in [0.15, 0.2) is 5.78 Å². The van der Waals surface area contributed by atoms with Gasteiger partial charge in [0.1, 0.15) is 12.4 Å². The molecule has 0 aliphatic heterocycles. The number of benzene rings is 3. The molecule has 164 valence electrons. The number of ether oxygens (including phenoxy) is 1. The predicted octanol–water partition coefficient (Wildman–Crippen LogP) is 5.07. The largest absolute Gasteiger partial charge is 0.481 e. The minimum atomic E-state index is -0.763. The Morgan fingerprint density at radius 3 is 2.39 bits per heavy atom. The van der Waals surface area contributed by atoms with Crippen LogP contribution in [0.25, 0.3) is 10.9 Å². The Kier molecular flexibility index (Phi) is 6.37. The average Bonchev–Trinajstić information content (AvgIpc) is 2.83. The van der Waals surface area contributed by atoms with Gasteiger partial charge < -0.3 is 9.72 Å². The molecular weight excluding hydrogens is 412 g/mol.